The number of aryl methyl sites for hydroxylation is 1. The number of benzene rings is 2. The number of H-pyrrole nitrogens is 2. The third kappa shape index (κ3) is 6.89. The van der Waals surface area contributed by atoms with Crippen molar-refractivity contribution in [2.24, 2.45) is 0 Å². The summed E-state index contributed by atoms with van der Waals surface area (Å²) in [5.74, 6) is -1.81. The van der Waals surface area contributed by atoms with E-state index in [0.29, 0.717) is 41.9 Å². The van der Waals surface area contributed by atoms with Crippen molar-refractivity contribution in [1.29, 1.82) is 0 Å². The van der Waals surface area contributed by atoms with Crippen LogP contribution in [0.4, 0.5) is 8.78 Å². The van der Waals surface area contributed by atoms with E-state index in [1.807, 2.05) is 24.3 Å². The van der Waals surface area contributed by atoms with Gasteiger partial charge in [-0.1, -0.05) is 49.3 Å². The first-order valence-corrected chi connectivity index (χ1v) is 16.2. The van der Waals surface area contributed by atoms with Crippen LogP contribution in [0, 0.1) is 5.82 Å². The Balaban J connectivity index is 1.43. The van der Waals surface area contributed by atoms with Crippen LogP contribution in [0.1, 0.15) is 79.9 Å². The molecule has 248 valence electrons. The number of fused-ring (bicyclic) bond motifs is 7. The summed E-state index contributed by atoms with van der Waals surface area (Å²) < 4.78 is 37.3. The van der Waals surface area contributed by atoms with Gasteiger partial charge in [0.1, 0.15) is 17.4 Å². The third-order valence-electron chi connectivity index (χ3n) is 9.33. The Morgan fingerprint density at radius 3 is 2.77 bits per heavy atom. The van der Waals surface area contributed by atoms with Crippen molar-refractivity contribution in [3.63, 3.8) is 0 Å². The number of rotatable bonds is 4. The van der Waals surface area contributed by atoms with Gasteiger partial charge >= 0.3 is 5.97 Å². The Kier molecular flexibility index (Phi) is 9.46. The second-order valence-electron chi connectivity index (χ2n) is 12.7. The van der Waals surface area contributed by atoms with Gasteiger partial charge in [0.05, 0.1) is 11.3 Å². The van der Waals surface area contributed by atoms with Gasteiger partial charge in [-0.2, -0.15) is 4.39 Å². The second kappa shape index (κ2) is 13.9. The lowest BCUT2D eigenvalue weighted by molar-refractivity contribution is -0.137. The highest BCUT2D eigenvalue weighted by molar-refractivity contribution is 5.83. The molecule has 3 N–H and O–H groups in total. The number of allylic oxidation sites excluding steroid dienone is 1. The summed E-state index contributed by atoms with van der Waals surface area (Å²) in [7, 11) is 1.70. The van der Waals surface area contributed by atoms with Crippen molar-refractivity contribution in [3.05, 3.63) is 112 Å². The van der Waals surface area contributed by atoms with Crippen LogP contribution >= 0.6 is 0 Å². The molecule has 1 aliphatic heterocycles. The Morgan fingerprint density at radius 1 is 1.10 bits per heavy atom. The molecule has 0 saturated carbocycles. The fourth-order valence-electron chi connectivity index (χ4n) is 6.47. The number of likely N-dealkylation sites (N-methyl/N-ethyl adjacent to an activating group) is 1. The molecule has 6 rings (SSSR count). The topological polar surface area (TPSA) is 111 Å². The van der Waals surface area contributed by atoms with Crippen LogP contribution in [0.3, 0.4) is 0 Å². The summed E-state index contributed by atoms with van der Waals surface area (Å²) in [5, 5.41) is 9.23. The smallest absolute Gasteiger partial charge is 0.303 e. The number of aromatic nitrogens is 3. The largest absolute Gasteiger partial charge is 0.481 e. The summed E-state index contributed by atoms with van der Waals surface area (Å²) in [5.41, 5.74) is 6.70. The van der Waals surface area contributed by atoms with Crippen LogP contribution in [0.15, 0.2) is 78.2 Å². The van der Waals surface area contributed by atoms with Gasteiger partial charge in [-0.3, -0.25) is 9.59 Å². The van der Waals surface area contributed by atoms with E-state index in [0.717, 1.165) is 42.5 Å². The molecular weight excluding hydrogens is 614 g/mol. The molecule has 0 saturated heterocycles. The molecule has 0 spiro atoms. The van der Waals surface area contributed by atoms with Crippen molar-refractivity contribution >= 4 is 23.5 Å². The van der Waals surface area contributed by atoms with Gasteiger partial charge in [0.15, 0.2) is 5.76 Å². The number of aromatic amines is 2. The highest BCUT2D eigenvalue weighted by Crippen LogP contribution is 2.39. The van der Waals surface area contributed by atoms with E-state index in [4.69, 9.17) is 4.74 Å². The first-order valence-electron chi connectivity index (χ1n) is 16.2. The zero-order valence-corrected chi connectivity index (χ0v) is 27.0. The van der Waals surface area contributed by atoms with Crippen molar-refractivity contribution in [1.82, 2.24) is 19.9 Å². The molecule has 3 heterocycles. The number of imidazole rings is 1. The van der Waals surface area contributed by atoms with E-state index in [1.54, 1.807) is 30.4 Å². The number of nitrogens with one attached hydrogen (secondary N) is 2. The molecule has 1 aliphatic carbocycles. The summed E-state index contributed by atoms with van der Waals surface area (Å²) in [4.78, 5) is 37.1. The number of amides is 1. The Hall–Kier alpha value is -5.21. The number of hydrogen-bond acceptors (Lipinski definition) is 4. The quantitative estimate of drug-likeness (QED) is 0.194. The molecule has 2 aliphatic rings. The van der Waals surface area contributed by atoms with Gasteiger partial charge in [-0.15, -0.1) is 0 Å². The maximum atomic E-state index is 15.7. The van der Waals surface area contributed by atoms with Crippen molar-refractivity contribution < 1.29 is 28.2 Å². The van der Waals surface area contributed by atoms with E-state index in [1.165, 1.54) is 24.3 Å². The Morgan fingerprint density at radius 2 is 1.94 bits per heavy atom. The van der Waals surface area contributed by atoms with Crippen LogP contribution in [0.25, 0.3) is 23.0 Å². The zero-order valence-electron chi connectivity index (χ0n) is 27.0. The molecule has 1 unspecified atom stereocenters. The van der Waals surface area contributed by atoms with E-state index in [9.17, 15) is 14.7 Å². The van der Waals surface area contributed by atoms with E-state index >= 15 is 8.78 Å². The number of carboxylic acid groups (broad SMARTS) is 1. The molecule has 8 nitrogen and oxygen atoms in total. The first kappa shape index (κ1) is 32.7. The van der Waals surface area contributed by atoms with E-state index in [2.05, 4.69) is 27.6 Å². The van der Waals surface area contributed by atoms with Crippen LogP contribution in [-0.4, -0.2) is 50.4 Å². The van der Waals surface area contributed by atoms with Gasteiger partial charge in [-0.25, -0.2) is 9.37 Å². The number of carbonyl (C=O) groups excluding carboxylic acids is 1. The number of hydrogen-bond donors (Lipinski definition) is 3. The monoisotopic (exact) mass is 652 g/mol. The molecule has 4 aromatic rings. The lowest BCUT2D eigenvalue weighted by atomic mass is 9.75. The molecule has 4 bridgehead atoms. The summed E-state index contributed by atoms with van der Waals surface area (Å²) in [6, 6.07) is 13.9. The van der Waals surface area contributed by atoms with Crippen LogP contribution in [0.5, 0.6) is 5.75 Å². The number of halogens is 2. The minimum absolute atomic E-state index is 0.0285. The minimum atomic E-state index is -0.856. The molecule has 0 radical (unpaired) electrons. The zero-order chi connectivity index (χ0) is 33.8. The van der Waals surface area contributed by atoms with Gasteiger partial charge in [0.2, 0.25) is 11.7 Å². The van der Waals surface area contributed by atoms with Gasteiger partial charge in [0.25, 0.3) is 0 Å². The lowest BCUT2D eigenvalue weighted by Gasteiger charge is -2.30. The predicted octanol–water partition coefficient (Wildman–Crippen LogP) is 7.95. The number of carbonyl (C=O) groups is 2. The molecule has 48 heavy (non-hydrogen) atoms. The van der Waals surface area contributed by atoms with Gasteiger partial charge < -0.3 is 24.7 Å². The van der Waals surface area contributed by atoms with Crippen LogP contribution in [0.2, 0.25) is 0 Å². The van der Waals surface area contributed by atoms with Crippen molar-refractivity contribution in [2.75, 3.05) is 13.6 Å². The fraction of sp³-hybridized carbons (Fsp3) is 0.316. The SMILES string of the molecule is CN1CC2=C(Oc3ccc(F)c(c3)-c3ncc([nH]3)C(C)(c3cccc(CCC(=O)O)c3)CCCCCCC1=O)C(F)=C=Cc1[nH]ccc12. The second-order valence-corrected chi connectivity index (χ2v) is 12.7. The van der Waals surface area contributed by atoms with E-state index < -0.39 is 23.0 Å². The lowest BCUT2D eigenvalue weighted by Crippen LogP contribution is -2.29. The minimum Gasteiger partial charge on any atom is -0.481 e. The standard InChI is InChI=1S/C38H38F2N4O4/c1-38(25-9-7-8-24(20-25)11-16-35(46)47)18-6-4-3-5-10-34(45)44(2)23-29-27-17-19-41-32(27)15-14-31(40)36(29)48-26-12-13-30(39)28(21-26)37-42-22-33(38)43-37/h7-9,12-13,15,17,19-22,41H,3-6,10-11,16,18,23H2,1-2H3,(H,42,43)(H,46,47). The van der Waals surface area contributed by atoms with E-state index in [-0.39, 0.29) is 35.9 Å². The van der Waals surface area contributed by atoms with Crippen molar-refractivity contribution in [2.45, 2.75) is 63.7 Å². The van der Waals surface area contributed by atoms with Crippen LogP contribution < -0.4 is 4.74 Å². The summed E-state index contributed by atoms with van der Waals surface area (Å²) >= 11 is 0. The predicted molar refractivity (Wildman–Crippen MR) is 179 cm³/mol. The summed E-state index contributed by atoms with van der Waals surface area (Å²) in [6.07, 6.45) is 9.78. The normalized spacial score (nSPS) is 18.9. The molecule has 1 amide bonds. The Bertz CT molecular complexity index is 1950. The van der Waals surface area contributed by atoms with Gasteiger partial charge in [-0.05, 0) is 61.6 Å². The first-order chi connectivity index (χ1) is 23.1. The van der Waals surface area contributed by atoms with Gasteiger partial charge in [0, 0.05) is 67.1 Å². The highest BCUT2D eigenvalue weighted by atomic mass is 19.1. The third-order valence-corrected chi connectivity index (χ3v) is 9.33. The van der Waals surface area contributed by atoms with Crippen molar-refractivity contribution in [3.8, 4) is 17.1 Å². The number of aliphatic carboxylic acids is 1. The number of ether oxygens (including phenoxy) is 1. The number of nitrogens with zero attached hydrogens (tertiary/aromatic N) is 2. The molecule has 2 aromatic heterocycles. The fourth-order valence-corrected chi connectivity index (χ4v) is 6.47. The molecule has 0 fully saturated rings. The molecule has 2 aromatic carbocycles. The maximum absolute atomic E-state index is 15.7. The average Bonchev–Trinajstić information content (AvgIpc) is 3.74. The van der Waals surface area contributed by atoms with Crippen LogP contribution in [-0.2, 0) is 21.4 Å². The molecular formula is C38H38F2N4O4. The molecule has 10 heteroatoms. The number of carboxylic acids is 1. The molecule has 1 atom stereocenters. The highest BCUT2D eigenvalue weighted by Gasteiger charge is 2.32. The Labute approximate surface area is 277 Å². The maximum Gasteiger partial charge on any atom is 0.303 e. The average molecular weight is 653 g/mol. The summed E-state index contributed by atoms with van der Waals surface area (Å²) in [6.45, 7) is 2.21.